The van der Waals surface area contributed by atoms with Gasteiger partial charge >= 0.3 is 0 Å². The summed E-state index contributed by atoms with van der Waals surface area (Å²) >= 11 is 0. The van der Waals surface area contributed by atoms with Crippen LogP contribution in [0.2, 0.25) is 0 Å². The predicted molar refractivity (Wildman–Crippen MR) is 49.5 cm³/mol. The molecule has 1 aromatic heterocycles. The van der Waals surface area contributed by atoms with Gasteiger partial charge in [0.25, 0.3) is 0 Å². The Balaban J connectivity index is 2.87. The number of nitrogens with zero attached hydrogens (tertiary/aromatic N) is 2. The molecule has 0 unspecified atom stereocenters. The lowest BCUT2D eigenvalue weighted by atomic mass is 10.2. The molecule has 66 valence electrons. The maximum Gasteiger partial charge on any atom is 0.112 e. The summed E-state index contributed by atoms with van der Waals surface area (Å²) in [4.78, 5) is 4.03. The van der Waals surface area contributed by atoms with Gasteiger partial charge in [0.2, 0.25) is 0 Å². The van der Waals surface area contributed by atoms with Gasteiger partial charge in [-0.25, -0.2) is 0 Å². The summed E-state index contributed by atoms with van der Waals surface area (Å²) in [6.45, 7) is 2.42. The smallest absolute Gasteiger partial charge is 0.112 e. The second-order valence-corrected chi connectivity index (χ2v) is 2.31. The first kappa shape index (κ1) is 9.27. The molecule has 0 spiro atoms. The summed E-state index contributed by atoms with van der Waals surface area (Å²) in [5, 5.41) is 8.77. The Hall–Kier alpha value is -1.82. The van der Waals surface area contributed by atoms with Crippen molar-refractivity contribution in [2.24, 2.45) is 0 Å². The predicted octanol–water partition coefficient (Wildman–Crippen LogP) is 1.98. The second-order valence-electron chi connectivity index (χ2n) is 2.31. The van der Waals surface area contributed by atoms with Crippen LogP contribution in [-0.2, 0) is 4.74 Å². The molecule has 0 aliphatic heterocycles. The van der Waals surface area contributed by atoms with Crippen molar-refractivity contribution in [2.45, 2.75) is 6.92 Å². The van der Waals surface area contributed by atoms with Gasteiger partial charge in [-0.3, -0.25) is 4.98 Å². The van der Waals surface area contributed by atoms with Crippen LogP contribution in [0.1, 0.15) is 12.6 Å². The SMILES string of the molecule is CCO/C=C(\C#N)c1ccccn1. The molecule has 0 aromatic carbocycles. The minimum atomic E-state index is 0.447. The summed E-state index contributed by atoms with van der Waals surface area (Å²) in [5.41, 5.74) is 1.08. The average molecular weight is 174 g/mol. The Morgan fingerprint density at radius 1 is 1.69 bits per heavy atom. The zero-order chi connectivity index (χ0) is 9.52. The molecule has 0 aliphatic rings. The van der Waals surface area contributed by atoms with Crippen LogP contribution < -0.4 is 0 Å². The van der Waals surface area contributed by atoms with Crippen LogP contribution >= 0.6 is 0 Å². The summed E-state index contributed by atoms with van der Waals surface area (Å²) in [7, 11) is 0. The third-order valence-corrected chi connectivity index (χ3v) is 1.43. The number of nitriles is 1. The van der Waals surface area contributed by atoms with Crippen LogP contribution in [0.3, 0.4) is 0 Å². The van der Waals surface area contributed by atoms with Crippen molar-refractivity contribution in [3.63, 3.8) is 0 Å². The minimum Gasteiger partial charge on any atom is -0.500 e. The van der Waals surface area contributed by atoms with Crippen LogP contribution in [-0.4, -0.2) is 11.6 Å². The molecule has 1 rings (SSSR count). The zero-order valence-electron chi connectivity index (χ0n) is 7.40. The van der Waals surface area contributed by atoms with Crippen LogP contribution in [0.15, 0.2) is 30.7 Å². The molecule has 0 amide bonds. The Labute approximate surface area is 77.3 Å². The third kappa shape index (κ3) is 2.60. The van der Waals surface area contributed by atoms with Crippen molar-refractivity contribution in [2.75, 3.05) is 6.61 Å². The fourth-order valence-electron chi connectivity index (χ4n) is 0.833. The molecule has 3 heteroatoms. The second kappa shape index (κ2) is 4.94. The van der Waals surface area contributed by atoms with Crippen molar-refractivity contribution >= 4 is 5.57 Å². The van der Waals surface area contributed by atoms with E-state index in [1.165, 1.54) is 6.26 Å². The van der Waals surface area contributed by atoms with Crippen molar-refractivity contribution < 1.29 is 4.74 Å². The standard InChI is InChI=1S/C10H10N2O/c1-2-13-8-9(7-11)10-5-3-4-6-12-10/h3-6,8H,2H2,1H3/b9-8+. The Morgan fingerprint density at radius 2 is 2.54 bits per heavy atom. The highest BCUT2D eigenvalue weighted by Crippen LogP contribution is 2.09. The van der Waals surface area contributed by atoms with Gasteiger partial charge in [-0.1, -0.05) is 6.07 Å². The number of aromatic nitrogens is 1. The fraction of sp³-hybridized carbons (Fsp3) is 0.200. The van der Waals surface area contributed by atoms with Crippen molar-refractivity contribution in [1.82, 2.24) is 4.98 Å². The molecule has 0 saturated heterocycles. The Kier molecular flexibility index (Phi) is 3.52. The van der Waals surface area contributed by atoms with E-state index in [-0.39, 0.29) is 0 Å². The van der Waals surface area contributed by atoms with E-state index < -0.39 is 0 Å². The number of ether oxygens (including phenoxy) is 1. The van der Waals surface area contributed by atoms with Gasteiger partial charge in [0.15, 0.2) is 0 Å². The summed E-state index contributed by atoms with van der Waals surface area (Å²) in [5.74, 6) is 0. The van der Waals surface area contributed by atoms with Crippen LogP contribution in [0, 0.1) is 11.3 Å². The van der Waals surface area contributed by atoms with Crippen molar-refractivity contribution in [3.05, 3.63) is 36.4 Å². The van der Waals surface area contributed by atoms with E-state index in [0.29, 0.717) is 17.9 Å². The lowest BCUT2D eigenvalue weighted by Crippen LogP contribution is -1.87. The first-order chi connectivity index (χ1) is 6.38. The quantitative estimate of drug-likeness (QED) is 0.520. The zero-order valence-corrected chi connectivity index (χ0v) is 7.40. The molecule has 1 heterocycles. The lowest BCUT2D eigenvalue weighted by Gasteiger charge is -1.97. The molecule has 0 saturated carbocycles. The van der Waals surface area contributed by atoms with Gasteiger partial charge in [-0.2, -0.15) is 5.26 Å². The Bertz CT molecular complexity index is 325. The van der Waals surface area contributed by atoms with Crippen molar-refractivity contribution in [1.29, 1.82) is 5.26 Å². The highest BCUT2D eigenvalue weighted by molar-refractivity contribution is 5.73. The summed E-state index contributed by atoms with van der Waals surface area (Å²) in [6, 6.07) is 7.44. The molecule has 0 atom stereocenters. The Morgan fingerprint density at radius 3 is 3.08 bits per heavy atom. The number of hydrogen-bond acceptors (Lipinski definition) is 3. The molecule has 0 bridgehead atoms. The van der Waals surface area contributed by atoms with E-state index in [1.807, 2.05) is 19.1 Å². The van der Waals surface area contributed by atoms with Crippen molar-refractivity contribution in [3.8, 4) is 6.07 Å². The molecule has 0 fully saturated rings. The highest BCUT2D eigenvalue weighted by Gasteiger charge is 1.99. The van der Waals surface area contributed by atoms with Crippen LogP contribution in [0.4, 0.5) is 0 Å². The maximum absolute atomic E-state index is 8.77. The molecular formula is C10H10N2O. The maximum atomic E-state index is 8.77. The van der Waals surface area contributed by atoms with E-state index in [4.69, 9.17) is 10.00 Å². The number of allylic oxidation sites excluding steroid dienone is 1. The van der Waals surface area contributed by atoms with E-state index in [0.717, 1.165) is 0 Å². The molecule has 1 aromatic rings. The minimum absolute atomic E-state index is 0.447. The number of hydrogen-bond donors (Lipinski definition) is 0. The first-order valence-corrected chi connectivity index (χ1v) is 4.01. The van der Waals surface area contributed by atoms with Crippen LogP contribution in [0.5, 0.6) is 0 Å². The average Bonchev–Trinajstić information content (AvgIpc) is 2.21. The highest BCUT2D eigenvalue weighted by atomic mass is 16.5. The van der Waals surface area contributed by atoms with Gasteiger partial charge in [-0.15, -0.1) is 0 Å². The molecule has 3 nitrogen and oxygen atoms in total. The molecule has 0 radical (unpaired) electrons. The lowest BCUT2D eigenvalue weighted by molar-refractivity contribution is 0.271. The van der Waals surface area contributed by atoms with Gasteiger partial charge in [0.1, 0.15) is 17.9 Å². The normalized spacial score (nSPS) is 10.6. The molecule has 0 aliphatic carbocycles. The molecule has 0 N–H and O–H groups in total. The number of pyridine rings is 1. The largest absolute Gasteiger partial charge is 0.500 e. The molecular weight excluding hydrogens is 164 g/mol. The van der Waals surface area contributed by atoms with E-state index in [9.17, 15) is 0 Å². The van der Waals surface area contributed by atoms with Crippen LogP contribution in [0.25, 0.3) is 5.57 Å². The summed E-state index contributed by atoms with van der Waals surface area (Å²) in [6.07, 6.45) is 3.08. The number of rotatable bonds is 3. The third-order valence-electron chi connectivity index (χ3n) is 1.43. The summed E-state index contributed by atoms with van der Waals surface area (Å²) < 4.78 is 5.02. The topological polar surface area (TPSA) is 45.9 Å². The van der Waals surface area contributed by atoms with Gasteiger partial charge in [0, 0.05) is 6.20 Å². The van der Waals surface area contributed by atoms with Gasteiger partial charge < -0.3 is 4.74 Å². The van der Waals surface area contributed by atoms with Gasteiger partial charge in [-0.05, 0) is 19.1 Å². The molecule has 13 heavy (non-hydrogen) atoms. The van der Waals surface area contributed by atoms with E-state index in [1.54, 1.807) is 18.3 Å². The van der Waals surface area contributed by atoms with Gasteiger partial charge in [0.05, 0.1) is 12.3 Å². The first-order valence-electron chi connectivity index (χ1n) is 4.01. The monoisotopic (exact) mass is 174 g/mol. The van der Waals surface area contributed by atoms with E-state index >= 15 is 0 Å². The fourth-order valence-corrected chi connectivity index (χ4v) is 0.833. The van der Waals surface area contributed by atoms with E-state index in [2.05, 4.69) is 4.98 Å².